The first kappa shape index (κ1) is 15.8. The van der Waals surface area contributed by atoms with Crippen molar-refractivity contribution < 1.29 is 27.8 Å². The van der Waals surface area contributed by atoms with Gasteiger partial charge in [0.1, 0.15) is 12.2 Å². The molecule has 4 nitrogen and oxygen atoms in total. The van der Waals surface area contributed by atoms with E-state index in [1.54, 1.807) is 0 Å². The number of benzene rings is 1. The highest BCUT2D eigenvalue weighted by molar-refractivity contribution is 5.80. The molecule has 1 aromatic carbocycles. The van der Waals surface area contributed by atoms with Gasteiger partial charge in [0, 0.05) is 6.54 Å². The highest BCUT2D eigenvalue weighted by atomic mass is 19.4. The van der Waals surface area contributed by atoms with Crippen LogP contribution in [0.4, 0.5) is 13.2 Å². The van der Waals surface area contributed by atoms with E-state index in [4.69, 9.17) is 4.74 Å². The van der Waals surface area contributed by atoms with E-state index in [2.05, 4.69) is 0 Å². The number of aliphatic hydroxyl groups excluding tert-OH is 1. The van der Waals surface area contributed by atoms with Crippen LogP contribution in [0, 0.1) is 0 Å². The standard InChI is InChI=1S/C14H16F3NO3/c1-9(19)13(20)18-6-7-21-12(8-18)10-4-2-3-5-11(10)14(15,16)17/h2-5,9,12,19H,6-8H2,1H3/t9-,12+/m0/s1. The molecule has 1 heterocycles. The van der Waals surface area contributed by atoms with Crippen molar-refractivity contribution in [2.75, 3.05) is 19.7 Å². The van der Waals surface area contributed by atoms with Gasteiger partial charge in [0.15, 0.2) is 0 Å². The lowest BCUT2D eigenvalue weighted by Crippen LogP contribution is -2.46. The van der Waals surface area contributed by atoms with Gasteiger partial charge in [-0.15, -0.1) is 0 Å². The van der Waals surface area contributed by atoms with Crippen LogP contribution in [-0.2, 0) is 15.7 Å². The summed E-state index contributed by atoms with van der Waals surface area (Å²) < 4.78 is 44.4. The first-order valence-corrected chi connectivity index (χ1v) is 6.55. The summed E-state index contributed by atoms with van der Waals surface area (Å²) >= 11 is 0. The molecule has 0 spiro atoms. The largest absolute Gasteiger partial charge is 0.416 e. The molecule has 0 saturated carbocycles. The molecular formula is C14H16F3NO3. The van der Waals surface area contributed by atoms with Gasteiger partial charge in [-0.1, -0.05) is 18.2 Å². The molecule has 1 saturated heterocycles. The highest BCUT2D eigenvalue weighted by Crippen LogP contribution is 2.36. The van der Waals surface area contributed by atoms with Crippen molar-refractivity contribution in [3.05, 3.63) is 35.4 Å². The molecular weight excluding hydrogens is 287 g/mol. The molecule has 1 amide bonds. The molecule has 0 unspecified atom stereocenters. The Balaban J connectivity index is 2.25. The average molecular weight is 303 g/mol. The molecule has 0 aliphatic carbocycles. The van der Waals surface area contributed by atoms with E-state index < -0.39 is 29.9 Å². The summed E-state index contributed by atoms with van der Waals surface area (Å²) in [6, 6.07) is 5.16. The quantitative estimate of drug-likeness (QED) is 0.909. The number of alkyl halides is 3. The molecule has 1 aliphatic heterocycles. The van der Waals surface area contributed by atoms with Gasteiger partial charge in [0.2, 0.25) is 0 Å². The van der Waals surface area contributed by atoms with Crippen molar-refractivity contribution in [2.24, 2.45) is 0 Å². The molecule has 0 bridgehead atoms. The van der Waals surface area contributed by atoms with Gasteiger partial charge >= 0.3 is 6.18 Å². The number of halogens is 3. The Morgan fingerprint density at radius 2 is 2.10 bits per heavy atom. The van der Waals surface area contributed by atoms with Crippen molar-refractivity contribution in [3.63, 3.8) is 0 Å². The fraction of sp³-hybridized carbons (Fsp3) is 0.500. The minimum Gasteiger partial charge on any atom is -0.384 e. The van der Waals surface area contributed by atoms with Crippen LogP contribution in [0.15, 0.2) is 24.3 Å². The molecule has 1 N–H and O–H groups in total. The predicted molar refractivity (Wildman–Crippen MR) is 68.4 cm³/mol. The second kappa shape index (κ2) is 6.03. The Hall–Kier alpha value is -1.60. The molecule has 1 aliphatic rings. The fourth-order valence-electron chi connectivity index (χ4n) is 2.34. The number of rotatable bonds is 2. The highest BCUT2D eigenvalue weighted by Gasteiger charge is 2.37. The van der Waals surface area contributed by atoms with Crippen molar-refractivity contribution in [1.29, 1.82) is 0 Å². The normalized spacial score (nSPS) is 21.2. The van der Waals surface area contributed by atoms with Gasteiger partial charge in [0.25, 0.3) is 5.91 Å². The molecule has 0 radical (unpaired) electrons. The number of aliphatic hydroxyl groups is 1. The minimum atomic E-state index is -4.48. The number of hydrogen-bond acceptors (Lipinski definition) is 3. The molecule has 7 heteroatoms. The maximum atomic E-state index is 13.0. The van der Waals surface area contributed by atoms with Gasteiger partial charge < -0.3 is 14.7 Å². The van der Waals surface area contributed by atoms with E-state index in [1.165, 1.54) is 30.0 Å². The lowest BCUT2D eigenvalue weighted by molar-refractivity contribution is -0.148. The van der Waals surface area contributed by atoms with Crippen LogP contribution in [0.25, 0.3) is 0 Å². The summed E-state index contributed by atoms with van der Waals surface area (Å²) in [5.41, 5.74) is -0.755. The monoisotopic (exact) mass is 303 g/mol. The third-order valence-electron chi connectivity index (χ3n) is 3.35. The van der Waals surface area contributed by atoms with E-state index >= 15 is 0 Å². The summed E-state index contributed by atoms with van der Waals surface area (Å²) in [7, 11) is 0. The number of ether oxygens (including phenoxy) is 1. The Morgan fingerprint density at radius 1 is 1.43 bits per heavy atom. The maximum Gasteiger partial charge on any atom is 0.416 e. The first-order valence-electron chi connectivity index (χ1n) is 6.55. The van der Waals surface area contributed by atoms with Gasteiger partial charge in [0.05, 0.1) is 18.7 Å². The lowest BCUT2D eigenvalue weighted by atomic mass is 10.0. The summed E-state index contributed by atoms with van der Waals surface area (Å²) in [4.78, 5) is 13.1. The topological polar surface area (TPSA) is 49.8 Å². The van der Waals surface area contributed by atoms with Crippen molar-refractivity contribution in [2.45, 2.75) is 25.3 Å². The summed E-state index contributed by atoms with van der Waals surface area (Å²) in [6.45, 7) is 1.72. The average Bonchev–Trinajstić information content (AvgIpc) is 2.45. The number of morpholine rings is 1. The Morgan fingerprint density at radius 3 is 2.71 bits per heavy atom. The molecule has 2 rings (SSSR count). The van der Waals surface area contributed by atoms with Crippen molar-refractivity contribution in [1.82, 2.24) is 4.90 Å². The molecule has 2 atom stereocenters. The van der Waals surface area contributed by atoms with Gasteiger partial charge in [-0.3, -0.25) is 4.79 Å². The number of hydrogen-bond donors (Lipinski definition) is 1. The predicted octanol–water partition coefficient (Wildman–Crippen LogP) is 1.99. The van der Waals surface area contributed by atoms with Crippen LogP contribution in [0.1, 0.15) is 24.2 Å². The van der Waals surface area contributed by atoms with Gasteiger partial charge in [-0.25, -0.2) is 0 Å². The Labute approximate surface area is 120 Å². The van der Waals surface area contributed by atoms with Crippen LogP contribution in [0.2, 0.25) is 0 Å². The second-order valence-electron chi connectivity index (χ2n) is 4.90. The van der Waals surface area contributed by atoms with E-state index in [1.807, 2.05) is 0 Å². The third-order valence-corrected chi connectivity index (χ3v) is 3.35. The lowest BCUT2D eigenvalue weighted by Gasteiger charge is -2.34. The van der Waals surface area contributed by atoms with Crippen LogP contribution in [0.3, 0.4) is 0 Å². The molecule has 1 fully saturated rings. The Kier molecular flexibility index (Phi) is 4.53. The van der Waals surface area contributed by atoms with E-state index in [-0.39, 0.29) is 25.3 Å². The summed E-state index contributed by atoms with van der Waals surface area (Å²) in [5, 5.41) is 9.30. The number of amides is 1. The molecule has 21 heavy (non-hydrogen) atoms. The van der Waals surface area contributed by atoms with Crippen molar-refractivity contribution in [3.8, 4) is 0 Å². The number of carbonyl (C=O) groups excluding carboxylic acids is 1. The van der Waals surface area contributed by atoms with E-state index in [0.717, 1.165) is 6.07 Å². The first-order chi connectivity index (χ1) is 9.80. The fourth-order valence-corrected chi connectivity index (χ4v) is 2.34. The third kappa shape index (κ3) is 3.54. The van der Waals surface area contributed by atoms with Crippen molar-refractivity contribution >= 4 is 5.91 Å². The zero-order valence-corrected chi connectivity index (χ0v) is 11.4. The number of carbonyl (C=O) groups is 1. The zero-order valence-electron chi connectivity index (χ0n) is 11.4. The van der Waals surface area contributed by atoms with Gasteiger partial charge in [-0.05, 0) is 18.6 Å². The van der Waals surface area contributed by atoms with Crippen LogP contribution in [-0.4, -0.2) is 41.7 Å². The summed E-state index contributed by atoms with van der Waals surface area (Å²) in [5.74, 6) is -0.507. The smallest absolute Gasteiger partial charge is 0.384 e. The molecule has 116 valence electrons. The van der Waals surface area contributed by atoms with Crippen LogP contribution in [0.5, 0.6) is 0 Å². The zero-order chi connectivity index (χ0) is 15.6. The molecule has 0 aromatic heterocycles. The second-order valence-corrected chi connectivity index (χ2v) is 4.90. The van der Waals surface area contributed by atoms with Crippen LogP contribution < -0.4 is 0 Å². The summed E-state index contributed by atoms with van der Waals surface area (Å²) in [6.07, 6.45) is -6.50. The van der Waals surface area contributed by atoms with Gasteiger partial charge in [-0.2, -0.15) is 13.2 Å². The number of nitrogens with zero attached hydrogens (tertiary/aromatic N) is 1. The molecule has 1 aromatic rings. The van der Waals surface area contributed by atoms with E-state index in [9.17, 15) is 23.1 Å². The Bertz CT molecular complexity index is 516. The van der Waals surface area contributed by atoms with E-state index in [0.29, 0.717) is 0 Å². The maximum absolute atomic E-state index is 13.0. The SMILES string of the molecule is C[C@H](O)C(=O)N1CCO[C@@H](c2ccccc2C(F)(F)F)C1. The van der Waals surface area contributed by atoms with Crippen LogP contribution >= 0.6 is 0 Å². The minimum absolute atomic E-state index is 0.00315.